The van der Waals surface area contributed by atoms with Gasteiger partial charge in [-0.15, -0.1) is 10.2 Å². The van der Waals surface area contributed by atoms with Crippen molar-refractivity contribution in [2.75, 3.05) is 31.0 Å². The maximum absolute atomic E-state index is 12.6. The van der Waals surface area contributed by atoms with Gasteiger partial charge in [-0.2, -0.15) is 0 Å². The van der Waals surface area contributed by atoms with Gasteiger partial charge in [-0.05, 0) is 38.3 Å². The summed E-state index contributed by atoms with van der Waals surface area (Å²) in [7, 11) is -1.13. The predicted octanol–water partition coefficient (Wildman–Crippen LogP) is 1.57. The first kappa shape index (κ1) is 19.0. The lowest BCUT2D eigenvalue weighted by molar-refractivity contribution is -0.117. The molecule has 2 heterocycles. The van der Waals surface area contributed by atoms with Crippen LogP contribution < -0.4 is 21.3 Å². The molecule has 1 saturated carbocycles. The Hall–Kier alpha value is -2.80. The first-order chi connectivity index (χ1) is 12.8. The summed E-state index contributed by atoms with van der Waals surface area (Å²) in [6.07, 6.45) is 3.28. The highest BCUT2D eigenvalue weighted by Gasteiger charge is 2.30. The van der Waals surface area contributed by atoms with Gasteiger partial charge < -0.3 is 20.5 Å². The Morgan fingerprint density at radius 3 is 2.59 bits per heavy atom. The Morgan fingerprint density at radius 1 is 1.22 bits per heavy atom. The number of rotatable bonds is 6. The van der Waals surface area contributed by atoms with Crippen LogP contribution in [-0.4, -0.2) is 47.4 Å². The number of anilines is 3. The maximum atomic E-state index is 12.6. The first-order valence-corrected chi connectivity index (χ1v) is 11.1. The van der Waals surface area contributed by atoms with E-state index in [0.29, 0.717) is 16.8 Å². The molecule has 0 unspecified atom stereocenters. The summed E-state index contributed by atoms with van der Waals surface area (Å²) < 4.78 is 12.6. The number of aromatic nitrogens is 3. The third-order valence-corrected chi connectivity index (χ3v) is 5.58. The van der Waals surface area contributed by atoms with Crippen molar-refractivity contribution >= 4 is 41.6 Å². The van der Waals surface area contributed by atoms with Gasteiger partial charge in [0.25, 0.3) is 5.91 Å². The van der Waals surface area contributed by atoms with Crippen LogP contribution in [0, 0.1) is 5.92 Å². The minimum Gasteiger partial charge on any atom is -0.354 e. The van der Waals surface area contributed by atoms with Gasteiger partial charge in [0, 0.05) is 25.2 Å². The zero-order valence-electron chi connectivity index (χ0n) is 15.3. The number of carbonyl (C=O) groups excluding carboxylic acids is 2. The first-order valence-electron chi connectivity index (χ1n) is 8.48. The van der Waals surface area contributed by atoms with Crippen LogP contribution in [0.2, 0.25) is 0 Å². The molecule has 1 fully saturated rings. The number of carbonyl (C=O) groups is 2. The van der Waals surface area contributed by atoms with Gasteiger partial charge in [-0.3, -0.25) is 9.59 Å². The smallest absolute Gasteiger partial charge is 0.273 e. The molecule has 2 amide bonds. The minimum atomic E-state index is -2.61. The molecule has 3 rings (SSSR count). The van der Waals surface area contributed by atoms with Crippen LogP contribution in [0.4, 0.5) is 17.3 Å². The fraction of sp³-hybridized carbons (Fsp3) is 0.353. The molecule has 0 radical (unpaired) electrons. The Morgan fingerprint density at radius 2 is 1.96 bits per heavy atom. The molecule has 2 aromatic rings. The number of hydrogen-bond donors (Lipinski definition) is 3. The van der Waals surface area contributed by atoms with Crippen LogP contribution in [0.3, 0.4) is 0 Å². The van der Waals surface area contributed by atoms with E-state index in [2.05, 4.69) is 31.1 Å². The molecule has 0 aromatic carbocycles. The van der Waals surface area contributed by atoms with Gasteiger partial charge >= 0.3 is 0 Å². The average molecular weight is 388 g/mol. The monoisotopic (exact) mass is 388 g/mol. The zero-order valence-corrected chi connectivity index (χ0v) is 16.2. The van der Waals surface area contributed by atoms with E-state index in [1.165, 1.54) is 13.1 Å². The molecule has 142 valence electrons. The number of nitrogens with zero attached hydrogens (tertiary/aromatic N) is 3. The molecule has 2 aromatic heterocycles. The molecule has 1 aliphatic carbocycles. The third kappa shape index (κ3) is 4.49. The van der Waals surface area contributed by atoms with E-state index in [1.807, 2.05) is 0 Å². The van der Waals surface area contributed by atoms with E-state index >= 15 is 0 Å². The van der Waals surface area contributed by atoms with Crippen molar-refractivity contribution in [1.29, 1.82) is 0 Å². The fourth-order valence-electron chi connectivity index (χ4n) is 2.46. The molecule has 10 heteroatoms. The maximum Gasteiger partial charge on any atom is 0.273 e. The second-order valence-electron chi connectivity index (χ2n) is 6.68. The molecular formula is C17H21N6O3P. The molecule has 0 spiro atoms. The van der Waals surface area contributed by atoms with Gasteiger partial charge in [-0.1, -0.05) is 0 Å². The fourth-order valence-corrected chi connectivity index (χ4v) is 3.53. The lowest BCUT2D eigenvalue weighted by atomic mass is 10.2. The van der Waals surface area contributed by atoms with Gasteiger partial charge in [0.2, 0.25) is 5.91 Å². The molecule has 27 heavy (non-hydrogen) atoms. The van der Waals surface area contributed by atoms with E-state index in [0.717, 1.165) is 12.8 Å². The molecule has 0 atom stereocenters. The Kier molecular flexibility index (Phi) is 5.23. The van der Waals surface area contributed by atoms with Crippen molar-refractivity contribution in [3.05, 3.63) is 30.1 Å². The topological polar surface area (TPSA) is 126 Å². The molecule has 1 aliphatic rings. The Balaban J connectivity index is 1.98. The highest BCUT2D eigenvalue weighted by atomic mass is 31.2. The number of hydrogen-bond acceptors (Lipinski definition) is 7. The largest absolute Gasteiger partial charge is 0.354 e. The summed E-state index contributed by atoms with van der Waals surface area (Å²) >= 11 is 0. The van der Waals surface area contributed by atoms with Gasteiger partial charge in [-0.25, -0.2) is 4.98 Å². The van der Waals surface area contributed by atoms with Crippen LogP contribution in [-0.2, 0) is 9.36 Å². The van der Waals surface area contributed by atoms with Crippen molar-refractivity contribution < 1.29 is 14.2 Å². The number of nitrogens with one attached hydrogen (secondary N) is 3. The van der Waals surface area contributed by atoms with Crippen LogP contribution in [0.5, 0.6) is 0 Å². The van der Waals surface area contributed by atoms with Crippen LogP contribution in [0.15, 0.2) is 24.4 Å². The number of amides is 2. The van der Waals surface area contributed by atoms with Crippen molar-refractivity contribution in [3.63, 3.8) is 0 Å². The summed E-state index contributed by atoms with van der Waals surface area (Å²) in [6.45, 7) is 3.28. The quantitative estimate of drug-likeness (QED) is 0.641. The summed E-state index contributed by atoms with van der Waals surface area (Å²) in [5.74, 6) is 0.0428. The van der Waals surface area contributed by atoms with E-state index in [-0.39, 0.29) is 23.3 Å². The van der Waals surface area contributed by atoms with E-state index < -0.39 is 13.0 Å². The van der Waals surface area contributed by atoms with Crippen LogP contribution in [0.25, 0.3) is 0 Å². The van der Waals surface area contributed by atoms with Gasteiger partial charge in [0.15, 0.2) is 11.5 Å². The third-order valence-electron chi connectivity index (χ3n) is 4.06. The molecule has 0 saturated heterocycles. The summed E-state index contributed by atoms with van der Waals surface area (Å²) in [5.41, 5.74) is 0.351. The lowest BCUT2D eigenvalue weighted by Gasteiger charge is -2.15. The summed E-state index contributed by atoms with van der Waals surface area (Å²) in [6, 6.07) is 4.94. The van der Waals surface area contributed by atoms with Gasteiger partial charge in [0.1, 0.15) is 13.0 Å². The minimum absolute atomic E-state index is 0.00952. The summed E-state index contributed by atoms with van der Waals surface area (Å²) in [5, 5.41) is 16.6. The highest BCUT2D eigenvalue weighted by molar-refractivity contribution is 7.70. The highest BCUT2D eigenvalue weighted by Crippen LogP contribution is 2.37. The lowest BCUT2D eigenvalue weighted by Crippen LogP contribution is -2.23. The van der Waals surface area contributed by atoms with Crippen molar-refractivity contribution in [2.24, 2.45) is 5.92 Å². The zero-order chi connectivity index (χ0) is 19.6. The second-order valence-corrected chi connectivity index (χ2v) is 9.87. The van der Waals surface area contributed by atoms with E-state index in [4.69, 9.17) is 0 Å². The summed E-state index contributed by atoms with van der Waals surface area (Å²) in [4.78, 5) is 28.4. The van der Waals surface area contributed by atoms with Crippen molar-refractivity contribution in [2.45, 2.75) is 12.8 Å². The average Bonchev–Trinajstić information content (AvgIpc) is 3.46. The second kappa shape index (κ2) is 7.44. The Labute approximate surface area is 156 Å². The van der Waals surface area contributed by atoms with Crippen molar-refractivity contribution in [3.8, 4) is 0 Å². The van der Waals surface area contributed by atoms with Crippen LogP contribution in [0.1, 0.15) is 23.3 Å². The van der Waals surface area contributed by atoms with E-state index in [9.17, 15) is 14.2 Å². The molecule has 0 bridgehead atoms. The van der Waals surface area contributed by atoms with Crippen molar-refractivity contribution in [1.82, 2.24) is 20.5 Å². The Bertz CT molecular complexity index is 938. The van der Waals surface area contributed by atoms with Gasteiger partial charge in [0.05, 0.1) is 11.0 Å². The molecule has 0 aliphatic heterocycles. The standard InChI is InChI=1S/C17H21N6O3P/c1-18-17(25)14-11(9-13(22-23-14)21-16(24)10-6-7-10)20-15-12(27(2,3)26)5-4-8-19-15/h4-5,8-10H,6-7H2,1-3H3,(H,18,25)(H2,19,20,21,22,24). The van der Waals surface area contributed by atoms with E-state index in [1.54, 1.807) is 31.7 Å². The van der Waals surface area contributed by atoms with Crippen LogP contribution >= 0.6 is 7.14 Å². The number of pyridine rings is 1. The SMILES string of the molecule is CNC(=O)c1nnc(NC(=O)C2CC2)cc1Nc1ncccc1P(C)(C)=O. The molecule has 9 nitrogen and oxygen atoms in total. The normalized spacial score (nSPS) is 13.7. The predicted molar refractivity (Wildman–Crippen MR) is 103 cm³/mol. The molecular weight excluding hydrogens is 367 g/mol. The molecule has 3 N–H and O–H groups in total.